The third kappa shape index (κ3) is 58.5. The first kappa shape index (κ1) is 69.6. The van der Waals surface area contributed by atoms with Crippen LogP contribution < -0.4 is 0 Å². The van der Waals surface area contributed by atoms with Crippen molar-refractivity contribution in [3.05, 3.63) is 36.5 Å². The lowest BCUT2D eigenvalue weighted by molar-refractivity contribution is -0.167. The zero-order valence-electron chi connectivity index (χ0n) is 48.5. The smallest absolute Gasteiger partial charge is 0.306 e. The van der Waals surface area contributed by atoms with Crippen LogP contribution in [0.3, 0.4) is 0 Å². The first-order chi connectivity index (χ1) is 35.5. The van der Waals surface area contributed by atoms with Gasteiger partial charge in [0.15, 0.2) is 6.10 Å². The van der Waals surface area contributed by atoms with E-state index in [1.807, 2.05) is 0 Å². The molecule has 0 aliphatic carbocycles. The molecule has 1 unspecified atom stereocenters. The summed E-state index contributed by atoms with van der Waals surface area (Å²) in [6, 6.07) is 0. The Kier molecular flexibility index (Phi) is 59.2. The van der Waals surface area contributed by atoms with E-state index in [1.54, 1.807) is 0 Å². The van der Waals surface area contributed by atoms with Gasteiger partial charge in [-0.15, -0.1) is 0 Å². The number of carbonyl (C=O) groups excluding carboxylic acids is 3. The summed E-state index contributed by atoms with van der Waals surface area (Å²) in [7, 11) is 0. The molecule has 0 saturated heterocycles. The van der Waals surface area contributed by atoms with Crippen LogP contribution in [0.2, 0.25) is 0 Å². The minimum absolute atomic E-state index is 0.0708. The van der Waals surface area contributed by atoms with Crippen LogP contribution in [-0.4, -0.2) is 37.2 Å². The van der Waals surface area contributed by atoms with Gasteiger partial charge in [0, 0.05) is 19.3 Å². The standard InChI is InChI=1S/C66H122O6/c1-4-7-10-13-16-19-22-25-28-31-32-33-34-36-38-41-44-47-50-53-56-59-65(68)71-62-63(61-70-64(67)58-55-52-49-46-43-40-37-30-27-24-21-18-15-12-9-6-3)72-66(69)60-57-54-51-48-45-42-39-35-29-26-23-20-17-14-11-8-5-2/h22,25,31-32,34,36,63H,4-21,23-24,26-30,33,35,37-62H2,1-3H3/b25-22-,32-31-,36-34-. The second-order valence-electron chi connectivity index (χ2n) is 21.7. The van der Waals surface area contributed by atoms with Crippen molar-refractivity contribution in [2.24, 2.45) is 0 Å². The number of ether oxygens (including phenoxy) is 3. The summed E-state index contributed by atoms with van der Waals surface area (Å²) in [5.41, 5.74) is 0. The Morgan fingerprint density at radius 2 is 0.500 bits per heavy atom. The molecule has 0 aromatic heterocycles. The maximum Gasteiger partial charge on any atom is 0.306 e. The first-order valence-corrected chi connectivity index (χ1v) is 32.0. The molecule has 6 nitrogen and oxygen atoms in total. The molecule has 0 aromatic carbocycles. The third-order valence-corrected chi connectivity index (χ3v) is 14.4. The lowest BCUT2D eigenvalue weighted by Crippen LogP contribution is -2.30. The maximum absolute atomic E-state index is 12.9. The summed E-state index contributed by atoms with van der Waals surface area (Å²) in [4.78, 5) is 38.3. The Hall–Kier alpha value is -2.37. The van der Waals surface area contributed by atoms with Crippen LogP contribution in [0.4, 0.5) is 0 Å². The molecule has 0 N–H and O–H groups in total. The van der Waals surface area contributed by atoms with E-state index in [0.717, 1.165) is 77.0 Å². The van der Waals surface area contributed by atoms with Crippen molar-refractivity contribution in [1.82, 2.24) is 0 Å². The van der Waals surface area contributed by atoms with Crippen LogP contribution >= 0.6 is 0 Å². The van der Waals surface area contributed by atoms with E-state index in [-0.39, 0.29) is 31.1 Å². The highest BCUT2D eigenvalue weighted by Crippen LogP contribution is 2.17. The summed E-state index contributed by atoms with van der Waals surface area (Å²) < 4.78 is 16.9. The zero-order chi connectivity index (χ0) is 52.2. The number of esters is 3. The number of carbonyl (C=O) groups is 3. The highest BCUT2D eigenvalue weighted by Gasteiger charge is 2.19. The van der Waals surface area contributed by atoms with E-state index in [4.69, 9.17) is 14.2 Å². The van der Waals surface area contributed by atoms with E-state index < -0.39 is 6.10 Å². The van der Waals surface area contributed by atoms with Gasteiger partial charge in [-0.2, -0.15) is 0 Å². The summed E-state index contributed by atoms with van der Waals surface area (Å²) in [6.45, 7) is 6.68. The highest BCUT2D eigenvalue weighted by atomic mass is 16.6. The molecule has 0 aromatic rings. The van der Waals surface area contributed by atoms with Gasteiger partial charge >= 0.3 is 17.9 Å². The van der Waals surface area contributed by atoms with Crippen molar-refractivity contribution in [3.63, 3.8) is 0 Å². The molecule has 0 heterocycles. The summed E-state index contributed by atoms with van der Waals surface area (Å²) in [6.07, 6.45) is 74.3. The lowest BCUT2D eigenvalue weighted by atomic mass is 10.0. The molecule has 0 fully saturated rings. The van der Waals surface area contributed by atoms with Gasteiger partial charge in [0.2, 0.25) is 0 Å². The Bertz CT molecular complexity index is 1210. The van der Waals surface area contributed by atoms with E-state index in [9.17, 15) is 14.4 Å². The van der Waals surface area contributed by atoms with Crippen molar-refractivity contribution < 1.29 is 28.6 Å². The van der Waals surface area contributed by atoms with Crippen LogP contribution in [0.15, 0.2) is 36.5 Å². The maximum atomic E-state index is 12.9. The van der Waals surface area contributed by atoms with Gasteiger partial charge < -0.3 is 14.2 Å². The monoisotopic (exact) mass is 1010 g/mol. The zero-order valence-corrected chi connectivity index (χ0v) is 48.5. The molecule has 0 amide bonds. The molecule has 0 rings (SSSR count). The Labute approximate surface area is 448 Å². The molecular formula is C66H122O6. The predicted octanol–water partition coefficient (Wildman–Crippen LogP) is 21.6. The lowest BCUT2D eigenvalue weighted by Gasteiger charge is -2.18. The van der Waals surface area contributed by atoms with Crippen molar-refractivity contribution in [2.45, 2.75) is 354 Å². The van der Waals surface area contributed by atoms with Crippen LogP contribution in [0.25, 0.3) is 0 Å². The van der Waals surface area contributed by atoms with E-state index in [1.165, 1.54) is 231 Å². The van der Waals surface area contributed by atoms with E-state index in [0.29, 0.717) is 19.3 Å². The molecule has 0 saturated carbocycles. The SMILES string of the molecule is CCCCCCC/C=C\C/C=C\C/C=C\CCCCCCCCC(=O)OCC(COC(=O)CCCCCCCCCCCCCCCCCC)OC(=O)CCCCCCCCCCCCCCCCCCC. The average molecular weight is 1010 g/mol. The molecule has 0 radical (unpaired) electrons. The Morgan fingerprint density at radius 3 is 0.778 bits per heavy atom. The molecule has 0 aliphatic heterocycles. The van der Waals surface area contributed by atoms with Gasteiger partial charge in [-0.25, -0.2) is 0 Å². The average Bonchev–Trinajstić information content (AvgIpc) is 3.38. The van der Waals surface area contributed by atoms with Gasteiger partial charge in [0.25, 0.3) is 0 Å². The van der Waals surface area contributed by atoms with Gasteiger partial charge in [0.1, 0.15) is 13.2 Å². The number of rotatable bonds is 59. The van der Waals surface area contributed by atoms with Crippen molar-refractivity contribution in [1.29, 1.82) is 0 Å². The first-order valence-electron chi connectivity index (χ1n) is 32.0. The van der Waals surface area contributed by atoms with E-state index in [2.05, 4.69) is 57.2 Å². The number of unbranched alkanes of at least 4 members (excludes halogenated alkanes) is 42. The van der Waals surface area contributed by atoms with Crippen LogP contribution in [0.5, 0.6) is 0 Å². The Balaban J connectivity index is 4.34. The van der Waals surface area contributed by atoms with Crippen LogP contribution in [-0.2, 0) is 28.6 Å². The molecule has 422 valence electrons. The molecular weight excluding hydrogens is 889 g/mol. The summed E-state index contributed by atoms with van der Waals surface area (Å²) in [5, 5.41) is 0. The minimum Gasteiger partial charge on any atom is -0.462 e. The number of hydrogen-bond donors (Lipinski definition) is 0. The highest BCUT2D eigenvalue weighted by molar-refractivity contribution is 5.71. The van der Waals surface area contributed by atoms with Crippen molar-refractivity contribution in [2.75, 3.05) is 13.2 Å². The molecule has 0 bridgehead atoms. The molecule has 0 aliphatic rings. The number of hydrogen-bond acceptors (Lipinski definition) is 6. The quantitative estimate of drug-likeness (QED) is 0.0261. The second-order valence-corrected chi connectivity index (χ2v) is 21.7. The normalized spacial score (nSPS) is 12.2. The minimum atomic E-state index is -0.774. The molecule has 6 heteroatoms. The van der Waals surface area contributed by atoms with Crippen molar-refractivity contribution in [3.8, 4) is 0 Å². The van der Waals surface area contributed by atoms with Crippen molar-refractivity contribution >= 4 is 17.9 Å². The molecule has 72 heavy (non-hydrogen) atoms. The van der Waals surface area contributed by atoms with Gasteiger partial charge in [0.05, 0.1) is 0 Å². The third-order valence-electron chi connectivity index (χ3n) is 14.4. The fraction of sp³-hybridized carbons (Fsp3) is 0.864. The van der Waals surface area contributed by atoms with Crippen LogP contribution in [0.1, 0.15) is 348 Å². The van der Waals surface area contributed by atoms with Gasteiger partial charge in [-0.1, -0.05) is 308 Å². The summed E-state index contributed by atoms with van der Waals surface area (Å²) in [5.74, 6) is -0.858. The molecule has 1 atom stereocenters. The van der Waals surface area contributed by atoms with Gasteiger partial charge in [-0.05, 0) is 57.8 Å². The second kappa shape index (κ2) is 61.2. The fourth-order valence-electron chi connectivity index (χ4n) is 9.57. The topological polar surface area (TPSA) is 78.9 Å². The fourth-order valence-corrected chi connectivity index (χ4v) is 9.57. The molecule has 0 spiro atoms. The summed E-state index contributed by atoms with van der Waals surface area (Å²) >= 11 is 0. The van der Waals surface area contributed by atoms with E-state index >= 15 is 0 Å². The largest absolute Gasteiger partial charge is 0.462 e. The van der Waals surface area contributed by atoms with Crippen LogP contribution in [0, 0.1) is 0 Å². The number of allylic oxidation sites excluding steroid dienone is 6. The van der Waals surface area contributed by atoms with Gasteiger partial charge in [-0.3, -0.25) is 14.4 Å². The predicted molar refractivity (Wildman–Crippen MR) is 312 cm³/mol. The Morgan fingerprint density at radius 1 is 0.278 bits per heavy atom.